The van der Waals surface area contributed by atoms with Crippen molar-refractivity contribution in [1.82, 2.24) is 5.32 Å². The number of carbonyl (C=O) groups is 2. The van der Waals surface area contributed by atoms with Gasteiger partial charge in [0.2, 0.25) is 5.91 Å². The highest BCUT2D eigenvalue weighted by atomic mass is 32.1. The van der Waals surface area contributed by atoms with E-state index in [0.29, 0.717) is 18.5 Å². The SMILES string of the molecule is O=C(NCCc1cccs1)c1cccc(N2CCCC2=O)c1. The fraction of sp³-hybridized carbons (Fsp3) is 0.294. The molecule has 0 atom stereocenters. The first kappa shape index (κ1) is 14.8. The molecule has 4 nitrogen and oxygen atoms in total. The van der Waals surface area contributed by atoms with E-state index in [-0.39, 0.29) is 11.8 Å². The zero-order valence-corrected chi connectivity index (χ0v) is 13.1. The molecule has 0 unspecified atom stereocenters. The van der Waals surface area contributed by atoms with Crippen LogP contribution in [0, 0.1) is 0 Å². The normalized spacial score (nSPS) is 14.4. The molecule has 114 valence electrons. The van der Waals surface area contributed by atoms with Crippen molar-refractivity contribution >= 4 is 28.8 Å². The maximum absolute atomic E-state index is 12.2. The molecule has 2 heterocycles. The molecule has 1 N–H and O–H groups in total. The van der Waals surface area contributed by atoms with Crippen LogP contribution in [0.1, 0.15) is 28.1 Å². The van der Waals surface area contributed by atoms with Gasteiger partial charge in [-0.1, -0.05) is 12.1 Å². The third-order valence-corrected chi connectivity index (χ3v) is 4.67. The van der Waals surface area contributed by atoms with Gasteiger partial charge in [-0.3, -0.25) is 9.59 Å². The number of hydrogen-bond acceptors (Lipinski definition) is 3. The molecule has 22 heavy (non-hydrogen) atoms. The van der Waals surface area contributed by atoms with E-state index >= 15 is 0 Å². The summed E-state index contributed by atoms with van der Waals surface area (Å²) in [4.78, 5) is 27.0. The Morgan fingerprint density at radius 3 is 2.91 bits per heavy atom. The molecule has 3 rings (SSSR count). The number of benzene rings is 1. The summed E-state index contributed by atoms with van der Waals surface area (Å²) in [5.74, 6) is 0.0419. The molecule has 5 heteroatoms. The molecule has 0 spiro atoms. The highest BCUT2D eigenvalue weighted by Crippen LogP contribution is 2.22. The Labute approximate surface area is 133 Å². The van der Waals surface area contributed by atoms with Gasteiger partial charge in [0.1, 0.15) is 0 Å². The molecular formula is C17H18N2O2S. The Balaban J connectivity index is 1.61. The van der Waals surface area contributed by atoms with Crippen molar-refractivity contribution < 1.29 is 9.59 Å². The second-order valence-corrected chi connectivity index (χ2v) is 6.32. The highest BCUT2D eigenvalue weighted by molar-refractivity contribution is 7.09. The molecule has 2 aromatic rings. The molecule has 1 aromatic heterocycles. The van der Waals surface area contributed by atoms with Crippen LogP contribution in [0.5, 0.6) is 0 Å². The fourth-order valence-electron chi connectivity index (χ4n) is 2.59. The zero-order valence-electron chi connectivity index (χ0n) is 12.2. The van der Waals surface area contributed by atoms with Crippen LogP contribution in [0.25, 0.3) is 0 Å². The summed E-state index contributed by atoms with van der Waals surface area (Å²) in [7, 11) is 0. The lowest BCUT2D eigenvalue weighted by Gasteiger charge is -2.16. The number of rotatable bonds is 5. The molecule has 0 radical (unpaired) electrons. The van der Waals surface area contributed by atoms with Crippen LogP contribution in [0.2, 0.25) is 0 Å². The standard InChI is InChI=1S/C17H18N2O2S/c20-16-7-2-10-19(16)14-5-1-4-13(12-14)17(21)18-9-8-15-6-3-11-22-15/h1,3-6,11-12H,2,7-10H2,(H,18,21). The van der Waals surface area contributed by atoms with E-state index < -0.39 is 0 Å². The van der Waals surface area contributed by atoms with Crippen molar-refractivity contribution in [3.05, 3.63) is 52.2 Å². The topological polar surface area (TPSA) is 49.4 Å². The number of nitrogens with one attached hydrogen (secondary N) is 1. The van der Waals surface area contributed by atoms with Crippen LogP contribution in [0.15, 0.2) is 41.8 Å². The van der Waals surface area contributed by atoms with Crippen LogP contribution in [0.4, 0.5) is 5.69 Å². The average Bonchev–Trinajstić information content (AvgIpc) is 3.19. The number of carbonyl (C=O) groups excluding carboxylic acids is 2. The molecule has 2 amide bonds. The number of nitrogens with zero attached hydrogens (tertiary/aromatic N) is 1. The zero-order chi connectivity index (χ0) is 15.4. The van der Waals surface area contributed by atoms with Gasteiger partial charge in [0.25, 0.3) is 5.91 Å². The largest absolute Gasteiger partial charge is 0.352 e. The van der Waals surface area contributed by atoms with Gasteiger partial charge >= 0.3 is 0 Å². The predicted octanol–water partition coefficient (Wildman–Crippen LogP) is 2.85. The van der Waals surface area contributed by atoms with Crippen molar-refractivity contribution in [3.63, 3.8) is 0 Å². The first-order valence-electron chi connectivity index (χ1n) is 7.45. The first-order chi connectivity index (χ1) is 10.7. The highest BCUT2D eigenvalue weighted by Gasteiger charge is 2.22. The minimum atomic E-state index is -0.0925. The number of amides is 2. The lowest BCUT2D eigenvalue weighted by Crippen LogP contribution is -2.27. The maximum Gasteiger partial charge on any atom is 0.251 e. The minimum absolute atomic E-state index is 0.0925. The van der Waals surface area contributed by atoms with Gasteiger partial charge in [0.15, 0.2) is 0 Å². The van der Waals surface area contributed by atoms with Crippen LogP contribution >= 0.6 is 11.3 Å². The lowest BCUT2D eigenvalue weighted by molar-refractivity contribution is -0.117. The molecule has 0 aliphatic carbocycles. The van der Waals surface area contributed by atoms with Gasteiger partial charge in [0, 0.05) is 35.6 Å². The van der Waals surface area contributed by atoms with Crippen LogP contribution < -0.4 is 10.2 Å². The van der Waals surface area contributed by atoms with Crippen molar-refractivity contribution in [3.8, 4) is 0 Å². The van der Waals surface area contributed by atoms with Gasteiger partial charge in [-0.15, -0.1) is 11.3 Å². The van der Waals surface area contributed by atoms with Gasteiger partial charge in [-0.2, -0.15) is 0 Å². The Morgan fingerprint density at radius 1 is 1.27 bits per heavy atom. The summed E-state index contributed by atoms with van der Waals surface area (Å²) in [6.07, 6.45) is 2.32. The lowest BCUT2D eigenvalue weighted by atomic mass is 10.1. The monoisotopic (exact) mass is 314 g/mol. The van der Waals surface area contributed by atoms with Crippen LogP contribution in [-0.2, 0) is 11.2 Å². The van der Waals surface area contributed by atoms with Gasteiger partial charge in [-0.25, -0.2) is 0 Å². The van der Waals surface area contributed by atoms with E-state index in [0.717, 1.165) is 25.1 Å². The van der Waals surface area contributed by atoms with E-state index in [4.69, 9.17) is 0 Å². The molecule has 0 saturated carbocycles. The summed E-state index contributed by atoms with van der Waals surface area (Å²) >= 11 is 1.69. The summed E-state index contributed by atoms with van der Waals surface area (Å²) in [5, 5.41) is 4.97. The molecule has 1 saturated heterocycles. The van der Waals surface area contributed by atoms with Gasteiger partial charge in [-0.05, 0) is 42.5 Å². The van der Waals surface area contributed by atoms with Crippen molar-refractivity contribution in [2.75, 3.05) is 18.0 Å². The molecule has 1 aliphatic heterocycles. The molecule has 0 bridgehead atoms. The summed E-state index contributed by atoms with van der Waals surface area (Å²) in [5.41, 5.74) is 1.41. The van der Waals surface area contributed by atoms with E-state index in [2.05, 4.69) is 11.4 Å². The van der Waals surface area contributed by atoms with E-state index in [1.54, 1.807) is 28.4 Å². The van der Waals surface area contributed by atoms with Crippen molar-refractivity contribution in [1.29, 1.82) is 0 Å². The Morgan fingerprint density at radius 2 is 2.18 bits per heavy atom. The Bertz CT molecular complexity index is 667. The Kier molecular flexibility index (Phi) is 4.53. The number of anilines is 1. The van der Waals surface area contributed by atoms with Crippen molar-refractivity contribution in [2.24, 2.45) is 0 Å². The van der Waals surface area contributed by atoms with E-state index in [1.165, 1.54) is 4.88 Å². The molecular weight excluding hydrogens is 296 g/mol. The fourth-order valence-corrected chi connectivity index (χ4v) is 3.30. The Hall–Kier alpha value is -2.14. The third kappa shape index (κ3) is 3.36. The quantitative estimate of drug-likeness (QED) is 0.922. The number of thiophene rings is 1. The molecule has 1 aliphatic rings. The minimum Gasteiger partial charge on any atom is -0.352 e. The predicted molar refractivity (Wildman–Crippen MR) is 88.4 cm³/mol. The van der Waals surface area contributed by atoms with Gasteiger partial charge < -0.3 is 10.2 Å². The maximum atomic E-state index is 12.2. The summed E-state index contributed by atoms with van der Waals surface area (Å²) < 4.78 is 0. The van der Waals surface area contributed by atoms with Crippen molar-refractivity contribution in [2.45, 2.75) is 19.3 Å². The number of hydrogen-bond donors (Lipinski definition) is 1. The van der Waals surface area contributed by atoms with E-state index in [9.17, 15) is 9.59 Å². The third-order valence-electron chi connectivity index (χ3n) is 3.73. The van der Waals surface area contributed by atoms with Crippen LogP contribution in [0.3, 0.4) is 0 Å². The second-order valence-electron chi connectivity index (χ2n) is 5.28. The first-order valence-corrected chi connectivity index (χ1v) is 8.33. The average molecular weight is 314 g/mol. The summed E-state index contributed by atoms with van der Waals surface area (Å²) in [6.45, 7) is 1.36. The second kappa shape index (κ2) is 6.75. The van der Waals surface area contributed by atoms with Gasteiger partial charge in [0.05, 0.1) is 0 Å². The molecule has 1 aromatic carbocycles. The van der Waals surface area contributed by atoms with Crippen LogP contribution in [-0.4, -0.2) is 24.9 Å². The van der Waals surface area contributed by atoms with E-state index in [1.807, 2.05) is 23.6 Å². The summed E-state index contributed by atoms with van der Waals surface area (Å²) in [6, 6.07) is 11.4. The molecule has 1 fully saturated rings. The smallest absolute Gasteiger partial charge is 0.251 e.